The smallest absolute Gasteiger partial charge is 0.416 e. The summed E-state index contributed by atoms with van der Waals surface area (Å²) in [6, 6.07) is 14.7. The topological polar surface area (TPSA) is 31.0 Å². The third-order valence-corrected chi connectivity index (χ3v) is 4.07. The van der Waals surface area contributed by atoms with E-state index >= 15 is 0 Å². The number of benzene rings is 2. The molecule has 25 heavy (non-hydrogen) atoms. The molecule has 0 atom stereocenters. The molecule has 0 bridgehead atoms. The SMILES string of the molecule is FC(F)(F)c1ccc(Cn2nc(-c3ccoc3)c3ccccc32)cc1. The van der Waals surface area contributed by atoms with E-state index in [4.69, 9.17) is 4.42 Å². The summed E-state index contributed by atoms with van der Waals surface area (Å²) in [6.07, 6.45) is -1.12. The predicted molar refractivity (Wildman–Crippen MR) is 88.0 cm³/mol. The number of nitrogens with zero attached hydrogens (tertiary/aromatic N) is 2. The minimum absolute atomic E-state index is 0.385. The fourth-order valence-corrected chi connectivity index (χ4v) is 2.83. The van der Waals surface area contributed by atoms with E-state index in [1.54, 1.807) is 17.2 Å². The Labute approximate surface area is 141 Å². The Balaban J connectivity index is 1.73. The van der Waals surface area contributed by atoms with Crippen molar-refractivity contribution in [1.29, 1.82) is 0 Å². The van der Waals surface area contributed by atoms with Crippen molar-refractivity contribution in [1.82, 2.24) is 9.78 Å². The van der Waals surface area contributed by atoms with Crippen LogP contribution in [0.4, 0.5) is 13.2 Å². The molecule has 6 heteroatoms. The van der Waals surface area contributed by atoms with Crippen molar-refractivity contribution in [2.24, 2.45) is 0 Å². The van der Waals surface area contributed by atoms with Gasteiger partial charge in [0.15, 0.2) is 0 Å². The Morgan fingerprint density at radius 2 is 1.72 bits per heavy atom. The molecule has 2 heterocycles. The van der Waals surface area contributed by atoms with Crippen molar-refractivity contribution >= 4 is 10.9 Å². The van der Waals surface area contributed by atoms with Crippen LogP contribution in [0.5, 0.6) is 0 Å². The molecule has 0 N–H and O–H groups in total. The standard InChI is InChI=1S/C19H13F3N2O/c20-19(21,22)15-7-5-13(6-8-15)11-24-17-4-2-1-3-16(17)18(23-24)14-9-10-25-12-14/h1-10,12H,11H2. The fourth-order valence-electron chi connectivity index (χ4n) is 2.83. The summed E-state index contributed by atoms with van der Waals surface area (Å²) >= 11 is 0. The number of para-hydroxylation sites is 1. The number of furan rings is 1. The van der Waals surface area contributed by atoms with Crippen molar-refractivity contribution in [3.8, 4) is 11.3 Å². The molecule has 0 amide bonds. The highest BCUT2D eigenvalue weighted by Gasteiger charge is 2.29. The number of alkyl halides is 3. The second-order valence-electron chi connectivity index (χ2n) is 5.73. The van der Waals surface area contributed by atoms with Crippen molar-refractivity contribution in [2.75, 3.05) is 0 Å². The van der Waals surface area contributed by atoms with Crippen LogP contribution in [0.1, 0.15) is 11.1 Å². The monoisotopic (exact) mass is 342 g/mol. The van der Waals surface area contributed by atoms with Crippen molar-refractivity contribution < 1.29 is 17.6 Å². The zero-order valence-electron chi connectivity index (χ0n) is 13.0. The summed E-state index contributed by atoms with van der Waals surface area (Å²) in [7, 11) is 0. The molecule has 0 aliphatic rings. The predicted octanol–water partition coefficient (Wildman–Crippen LogP) is 5.36. The normalized spacial score (nSPS) is 12.0. The summed E-state index contributed by atoms with van der Waals surface area (Å²) in [4.78, 5) is 0. The lowest BCUT2D eigenvalue weighted by Crippen LogP contribution is -2.06. The zero-order chi connectivity index (χ0) is 17.4. The van der Waals surface area contributed by atoms with Crippen molar-refractivity contribution in [3.05, 3.63) is 78.3 Å². The van der Waals surface area contributed by atoms with Gasteiger partial charge in [-0.1, -0.05) is 30.3 Å². The lowest BCUT2D eigenvalue weighted by molar-refractivity contribution is -0.137. The van der Waals surface area contributed by atoms with E-state index < -0.39 is 11.7 Å². The average Bonchev–Trinajstić information content (AvgIpc) is 3.23. The van der Waals surface area contributed by atoms with Crippen LogP contribution in [0.2, 0.25) is 0 Å². The molecule has 0 unspecified atom stereocenters. The van der Waals surface area contributed by atoms with E-state index in [0.29, 0.717) is 6.54 Å². The maximum absolute atomic E-state index is 12.7. The molecule has 4 aromatic rings. The van der Waals surface area contributed by atoms with Gasteiger partial charge in [0.05, 0.1) is 30.2 Å². The van der Waals surface area contributed by atoms with Gasteiger partial charge in [0.25, 0.3) is 0 Å². The van der Waals surface area contributed by atoms with Crippen LogP contribution in [-0.2, 0) is 12.7 Å². The molecular formula is C19H13F3N2O. The van der Waals surface area contributed by atoms with Gasteiger partial charge < -0.3 is 4.42 Å². The highest BCUT2D eigenvalue weighted by atomic mass is 19.4. The van der Waals surface area contributed by atoms with Gasteiger partial charge in [0.1, 0.15) is 5.69 Å². The molecule has 0 saturated heterocycles. The second-order valence-corrected chi connectivity index (χ2v) is 5.73. The summed E-state index contributed by atoms with van der Waals surface area (Å²) < 4.78 is 45.0. The van der Waals surface area contributed by atoms with E-state index in [9.17, 15) is 13.2 Å². The van der Waals surface area contributed by atoms with Gasteiger partial charge >= 0.3 is 6.18 Å². The number of aromatic nitrogens is 2. The molecule has 0 aliphatic heterocycles. The Morgan fingerprint density at radius 3 is 2.40 bits per heavy atom. The Bertz CT molecular complexity index is 1000. The summed E-state index contributed by atoms with van der Waals surface area (Å²) in [5.41, 5.74) is 2.66. The Hall–Kier alpha value is -3.02. The first-order valence-electron chi connectivity index (χ1n) is 7.66. The van der Waals surface area contributed by atoms with Crippen LogP contribution in [0.15, 0.2) is 71.5 Å². The minimum Gasteiger partial charge on any atom is -0.472 e. The number of rotatable bonds is 3. The van der Waals surface area contributed by atoms with Crippen molar-refractivity contribution in [2.45, 2.75) is 12.7 Å². The van der Waals surface area contributed by atoms with E-state index in [1.807, 2.05) is 30.3 Å². The van der Waals surface area contributed by atoms with E-state index in [0.717, 1.165) is 39.9 Å². The molecule has 0 aliphatic carbocycles. The lowest BCUT2D eigenvalue weighted by Gasteiger charge is -2.08. The first-order chi connectivity index (χ1) is 12.0. The van der Waals surface area contributed by atoms with Crippen LogP contribution in [0, 0.1) is 0 Å². The first kappa shape index (κ1) is 15.5. The number of hydrogen-bond acceptors (Lipinski definition) is 2. The number of fused-ring (bicyclic) bond motifs is 1. The third-order valence-electron chi connectivity index (χ3n) is 4.07. The summed E-state index contributed by atoms with van der Waals surface area (Å²) in [5.74, 6) is 0. The highest BCUT2D eigenvalue weighted by Crippen LogP contribution is 2.30. The average molecular weight is 342 g/mol. The largest absolute Gasteiger partial charge is 0.472 e. The van der Waals surface area contributed by atoms with Gasteiger partial charge in [-0.25, -0.2) is 0 Å². The first-order valence-corrected chi connectivity index (χ1v) is 7.66. The second kappa shape index (κ2) is 5.81. The maximum Gasteiger partial charge on any atom is 0.416 e. The van der Waals surface area contributed by atoms with Gasteiger partial charge in [-0.2, -0.15) is 18.3 Å². The van der Waals surface area contributed by atoms with Crippen molar-refractivity contribution in [3.63, 3.8) is 0 Å². The molecule has 2 aromatic carbocycles. The molecular weight excluding hydrogens is 329 g/mol. The van der Waals surface area contributed by atoms with Gasteiger partial charge in [0.2, 0.25) is 0 Å². The Morgan fingerprint density at radius 1 is 0.960 bits per heavy atom. The van der Waals surface area contributed by atoms with Crippen LogP contribution in [-0.4, -0.2) is 9.78 Å². The fraction of sp³-hybridized carbons (Fsp3) is 0.105. The minimum atomic E-state index is -4.33. The molecule has 0 radical (unpaired) electrons. The van der Waals surface area contributed by atoms with Gasteiger partial charge in [-0.15, -0.1) is 0 Å². The van der Waals surface area contributed by atoms with E-state index in [-0.39, 0.29) is 0 Å². The van der Waals surface area contributed by atoms with Crippen LogP contribution in [0.3, 0.4) is 0 Å². The van der Waals surface area contributed by atoms with Gasteiger partial charge in [0, 0.05) is 10.9 Å². The Kier molecular flexibility index (Phi) is 3.60. The van der Waals surface area contributed by atoms with Gasteiger partial charge in [-0.05, 0) is 29.8 Å². The highest BCUT2D eigenvalue weighted by molar-refractivity contribution is 5.93. The van der Waals surface area contributed by atoms with E-state index in [2.05, 4.69) is 5.10 Å². The molecule has 126 valence electrons. The maximum atomic E-state index is 12.7. The molecule has 3 nitrogen and oxygen atoms in total. The van der Waals surface area contributed by atoms with E-state index in [1.165, 1.54) is 12.1 Å². The molecule has 0 spiro atoms. The molecule has 4 rings (SSSR count). The molecule has 2 aromatic heterocycles. The number of halogens is 3. The van der Waals surface area contributed by atoms with Gasteiger partial charge in [-0.3, -0.25) is 4.68 Å². The third kappa shape index (κ3) is 2.91. The molecule has 0 saturated carbocycles. The summed E-state index contributed by atoms with van der Waals surface area (Å²) in [5, 5.41) is 5.60. The van der Waals surface area contributed by atoms with Crippen LogP contribution >= 0.6 is 0 Å². The number of hydrogen-bond donors (Lipinski definition) is 0. The van der Waals surface area contributed by atoms with Crippen LogP contribution < -0.4 is 0 Å². The zero-order valence-corrected chi connectivity index (χ0v) is 13.0. The quantitative estimate of drug-likeness (QED) is 0.502. The summed E-state index contributed by atoms with van der Waals surface area (Å²) in [6.45, 7) is 0.385. The molecule has 0 fully saturated rings. The van der Waals surface area contributed by atoms with Crippen LogP contribution in [0.25, 0.3) is 22.2 Å². The lowest BCUT2D eigenvalue weighted by atomic mass is 10.1.